The Morgan fingerprint density at radius 3 is 2.61 bits per heavy atom. The molecule has 0 spiro atoms. The molecule has 2 heterocycles. The van der Waals surface area contributed by atoms with Gasteiger partial charge in [0.1, 0.15) is 0 Å². The van der Waals surface area contributed by atoms with Crippen molar-refractivity contribution in [3.8, 4) is 11.1 Å². The van der Waals surface area contributed by atoms with Gasteiger partial charge in [-0.05, 0) is 36.9 Å². The van der Waals surface area contributed by atoms with Crippen molar-refractivity contribution in [2.45, 2.75) is 25.9 Å². The number of hydrogen-bond donors (Lipinski definition) is 0. The van der Waals surface area contributed by atoms with Crippen LogP contribution in [-0.2, 0) is 18.3 Å². The van der Waals surface area contributed by atoms with Crippen LogP contribution in [0, 0.1) is 0 Å². The lowest BCUT2D eigenvalue weighted by atomic mass is 9.99. The fourth-order valence-electron chi connectivity index (χ4n) is 2.41. The molecule has 0 N–H and O–H groups in total. The van der Waals surface area contributed by atoms with Crippen LogP contribution >= 0.6 is 0 Å². The molecule has 0 aliphatic rings. The molecule has 1 aromatic carbocycles. The van der Waals surface area contributed by atoms with Crippen molar-refractivity contribution in [2.75, 3.05) is 0 Å². The van der Waals surface area contributed by atoms with Gasteiger partial charge in [0.2, 0.25) is 0 Å². The van der Waals surface area contributed by atoms with Crippen LogP contribution in [0.4, 0.5) is 4.39 Å². The molecule has 0 radical (unpaired) electrons. The van der Waals surface area contributed by atoms with Gasteiger partial charge in [-0.3, -0.25) is 14.5 Å². The molecule has 3 rings (SSSR count). The number of aryl methyl sites for hydroxylation is 1. The van der Waals surface area contributed by atoms with E-state index in [2.05, 4.69) is 10.1 Å². The van der Waals surface area contributed by atoms with Crippen LogP contribution in [0.5, 0.6) is 0 Å². The second-order valence-corrected chi connectivity index (χ2v) is 6.21. The van der Waals surface area contributed by atoms with Crippen molar-refractivity contribution in [1.82, 2.24) is 14.8 Å². The molecule has 0 atom stereocenters. The molecule has 0 fully saturated rings. The molecule has 0 aliphatic carbocycles. The van der Waals surface area contributed by atoms with Gasteiger partial charge in [-0.2, -0.15) is 5.10 Å². The van der Waals surface area contributed by atoms with E-state index in [4.69, 9.17) is 0 Å². The summed E-state index contributed by atoms with van der Waals surface area (Å²) >= 11 is 0. The summed E-state index contributed by atoms with van der Waals surface area (Å²) in [5.74, 6) is -0.465. The quantitative estimate of drug-likeness (QED) is 0.741. The minimum Gasteiger partial charge on any atom is -0.296 e. The fraction of sp³-hybridized carbons (Fsp3) is 0.278. The van der Waals surface area contributed by atoms with E-state index < -0.39 is 11.5 Å². The maximum absolute atomic E-state index is 13.7. The topological polar surface area (TPSA) is 47.8 Å². The van der Waals surface area contributed by atoms with E-state index in [0.29, 0.717) is 5.69 Å². The Hall–Kier alpha value is -2.56. The van der Waals surface area contributed by atoms with E-state index in [1.807, 2.05) is 37.5 Å². The van der Waals surface area contributed by atoms with Gasteiger partial charge < -0.3 is 0 Å². The molecule has 0 saturated heterocycles. The highest BCUT2D eigenvalue weighted by Gasteiger charge is 2.26. The lowest BCUT2D eigenvalue weighted by Gasteiger charge is -2.12. The van der Waals surface area contributed by atoms with E-state index in [0.717, 1.165) is 21.9 Å². The lowest BCUT2D eigenvalue weighted by Crippen LogP contribution is -2.27. The number of fused-ring (bicyclic) bond motifs is 1. The summed E-state index contributed by atoms with van der Waals surface area (Å²) in [6.45, 7) is 2.55. The number of ketones is 1. The van der Waals surface area contributed by atoms with Gasteiger partial charge in [0, 0.05) is 36.1 Å². The number of rotatable bonds is 4. The van der Waals surface area contributed by atoms with Crippen LogP contribution in [0.2, 0.25) is 0 Å². The predicted octanol–water partition coefficient (Wildman–Crippen LogP) is 3.50. The summed E-state index contributed by atoms with van der Waals surface area (Å²) in [6, 6.07) is 7.87. The van der Waals surface area contributed by atoms with Crippen LogP contribution in [0.15, 0.2) is 42.9 Å². The zero-order chi connectivity index (χ0) is 16.6. The zero-order valence-corrected chi connectivity index (χ0v) is 13.4. The van der Waals surface area contributed by atoms with Gasteiger partial charge in [-0.25, -0.2) is 4.39 Å². The van der Waals surface area contributed by atoms with Gasteiger partial charge in [-0.1, -0.05) is 12.1 Å². The summed E-state index contributed by atoms with van der Waals surface area (Å²) in [5.41, 5.74) is 0.805. The minimum absolute atomic E-state index is 0.00341. The predicted molar refractivity (Wildman–Crippen MR) is 87.8 cm³/mol. The third-order valence-electron chi connectivity index (χ3n) is 3.82. The van der Waals surface area contributed by atoms with Crippen molar-refractivity contribution in [3.05, 3.63) is 48.5 Å². The molecule has 0 amide bonds. The minimum atomic E-state index is -1.84. The molecule has 2 aromatic heterocycles. The Kier molecular flexibility index (Phi) is 3.72. The van der Waals surface area contributed by atoms with Gasteiger partial charge >= 0.3 is 0 Å². The van der Waals surface area contributed by atoms with E-state index in [-0.39, 0.29) is 6.42 Å². The summed E-state index contributed by atoms with van der Waals surface area (Å²) in [7, 11) is 1.87. The van der Waals surface area contributed by atoms with E-state index in [9.17, 15) is 9.18 Å². The van der Waals surface area contributed by atoms with Crippen molar-refractivity contribution < 1.29 is 9.18 Å². The fourth-order valence-corrected chi connectivity index (χ4v) is 2.41. The highest BCUT2D eigenvalue weighted by Crippen LogP contribution is 2.24. The lowest BCUT2D eigenvalue weighted by molar-refractivity contribution is -0.127. The number of hydrogen-bond acceptors (Lipinski definition) is 3. The third kappa shape index (κ3) is 3.28. The Labute approximate surface area is 134 Å². The molecular formula is C18H18FN3O. The molecule has 0 unspecified atom stereocenters. The van der Waals surface area contributed by atoms with Crippen LogP contribution in [0.3, 0.4) is 0 Å². The molecular weight excluding hydrogens is 293 g/mol. The second-order valence-electron chi connectivity index (χ2n) is 6.21. The van der Waals surface area contributed by atoms with Crippen LogP contribution in [-0.4, -0.2) is 26.2 Å². The average molecular weight is 311 g/mol. The highest BCUT2D eigenvalue weighted by molar-refractivity contribution is 5.90. The maximum Gasteiger partial charge on any atom is 0.175 e. The first-order chi connectivity index (χ1) is 10.8. The number of alkyl halides is 1. The first-order valence-electron chi connectivity index (χ1n) is 7.43. The SMILES string of the molecule is Cn1cc(-c2ccc3cnc(CC(=O)C(C)(C)F)cc3c2)cn1. The molecule has 3 aromatic rings. The Morgan fingerprint density at radius 1 is 1.17 bits per heavy atom. The Balaban J connectivity index is 1.96. The first kappa shape index (κ1) is 15.3. The summed E-state index contributed by atoms with van der Waals surface area (Å²) in [5, 5.41) is 6.13. The van der Waals surface area contributed by atoms with E-state index in [1.54, 1.807) is 17.1 Å². The van der Waals surface area contributed by atoms with Gasteiger partial charge in [-0.15, -0.1) is 0 Å². The smallest absolute Gasteiger partial charge is 0.175 e. The Bertz CT molecular complexity index is 877. The first-order valence-corrected chi connectivity index (χ1v) is 7.43. The molecule has 118 valence electrons. The van der Waals surface area contributed by atoms with E-state index >= 15 is 0 Å². The number of carbonyl (C=O) groups is 1. The van der Waals surface area contributed by atoms with Crippen LogP contribution in [0.1, 0.15) is 19.5 Å². The molecule has 0 bridgehead atoms. The van der Waals surface area contributed by atoms with Crippen molar-refractivity contribution in [1.29, 1.82) is 0 Å². The number of aromatic nitrogens is 3. The standard InChI is InChI=1S/C18H18FN3O/c1-18(2,19)17(23)8-16-7-14-6-12(4-5-13(14)9-20-16)15-10-21-22(3)11-15/h4-7,9-11H,8H2,1-3H3. The van der Waals surface area contributed by atoms with Crippen molar-refractivity contribution in [2.24, 2.45) is 7.05 Å². The monoisotopic (exact) mass is 311 g/mol. The third-order valence-corrected chi connectivity index (χ3v) is 3.82. The number of pyridine rings is 1. The largest absolute Gasteiger partial charge is 0.296 e. The number of benzene rings is 1. The number of Topliss-reactive ketones (excluding diaryl/α,β-unsaturated/α-hetero) is 1. The van der Waals surface area contributed by atoms with Crippen LogP contribution in [0.25, 0.3) is 21.9 Å². The molecule has 23 heavy (non-hydrogen) atoms. The van der Waals surface area contributed by atoms with Crippen molar-refractivity contribution in [3.63, 3.8) is 0 Å². The Morgan fingerprint density at radius 2 is 1.96 bits per heavy atom. The van der Waals surface area contributed by atoms with E-state index in [1.165, 1.54) is 13.8 Å². The average Bonchev–Trinajstić information content (AvgIpc) is 2.92. The number of carbonyl (C=O) groups excluding carboxylic acids is 1. The molecule has 4 nitrogen and oxygen atoms in total. The summed E-state index contributed by atoms with van der Waals surface area (Å²) in [4.78, 5) is 16.1. The van der Waals surface area contributed by atoms with Gasteiger partial charge in [0.05, 0.1) is 12.6 Å². The second kappa shape index (κ2) is 5.57. The van der Waals surface area contributed by atoms with Gasteiger partial charge in [0.15, 0.2) is 11.5 Å². The highest BCUT2D eigenvalue weighted by atomic mass is 19.1. The molecule has 0 saturated carbocycles. The number of halogens is 1. The zero-order valence-electron chi connectivity index (χ0n) is 13.4. The normalized spacial score (nSPS) is 11.8. The molecule has 0 aliphatic heterocycles. The van der Waals surface area contributed by atoms with Crippen LogP contribution < -0.4 is 0 Å². The summed E-state index contributed by atoms with van der Waals surface area (Å²) in [6.07, 6.45) is 5.46. The number of nitrogens with zero attached hydrogens (tertiary/aromatic N) is 3. The van der Waals surface area contributed by atoms with Gasteiger partial charge in [0.25, 0.3) is 0 Å². The van der Waals surface area contributed by atoms with Crippen molar-refractivity contribution >= 4 is 16.6 Å². The maximum atomic E-state index is 13.7. The molecule has 5 heteroatoms. The summed E-state index contributed by atoms with van der Waals surface area (Å²) < 4.78 is 15.4.